The predicted molar refractivity (Wildman–Crippen MR) is 106 cm³/mol. The fourth-order valence-electron chi connectivity index (χ4n) is 5.08. The van der Waals surface area contributed by atoms with Gasteiger partial charge in [0.1, 0.15) is 0 Å². The molecule has 0 aliphatic heterocycles. The molecule has 140 valence electrons. The zero-order valence-corrected chi connectivity index (χ0v) is 16.5. The minimum absolute atomic E-state index is 0.0431. The average molecular weight is 374 g/mol. The van der Waals surface area contributed by atoms with Crippen LogP contribution >= 0.6 is 11.6 Å². The van der Waals surface area contributed by atoms with Gasteiger partial charge in [-0.05, 0) is 34.8 Å². The lowest BCUT2D eigenvalue weighted by atomic mass is 9.50. The van der Waals surface area contributed by atoms with Crippen LogP contribution in [0.5, 0.6) is 0 Å². The number of anilines is 1. The summed E-state index contributed by atoms with van der Waals surface area (Å²) in [6.45, 7) is 10.3. The lowest BCUT2D eigenvalue weighted by Crippen LogP contribution is -2.59. The first-order chi connectivity index (χ1) is 12.2. The Morgan fingerprint density at radius 2 is 2.04 bits per heavy atom. The first-order valence-electron chi connectivity index (χ1n) is 8.98. The summed E-state index contributed by atoms with van der Waals surface area (Å²) < 4.78 is 0. The molecule has 2 aliphatic rings. The van der Waals surface area contributed by atoms with Crippen LogP contribution in [0, 0.1) is 17.3 Å². The van der Waals surface area contributed by atoms with Gasteiger partial charge in [-0.1, -0.05) is 39.0 Å². The van der Waals surface area contributed by atoms with Crippen molar-refractivity contribution in [2.45, 2.75) is 44.0 Å². The molecule has 1 aromatic carbocycles. The number of fused-ring (bicyclic) bond motifs is 2. The van der Waals surface area contributed by atoms with Crippen molar-refractivity contribution in [2.24, 2.45) is 17.3 Å². The molecule has 1 saturated carbocycles. The molecule has 1 fully saturated rings. The van der Waals surface area contributed by atoms with Crippen LogP contribution in [-0.4, -0.2) is 30.7 Å². The zero-order chi connectivity index (χ0) is 19.3. The van der Waals surface area contributed by atoms with Crippen molar-refractivity contribution in [1.82, 2.24) is 0 Å². The number of nitrogens with one attached hydrogen (secondary N) is 1. The summed E-state index contributed by atoms with van der Waals surface area (Å²) in [7, 11) is 1.75. The van der Waals surface area contributed by atoms with E-state index in [1.54, 1.807) is 13.1 Å². The van der Waals surface area contributed by atoms with E-state index in [-0.39, 0.29) is 34.5 Å². The highest BCUT2D eigenvalue weighted by Crippen LogP contribution is 2.58. The highest BCUT2D eigenvalue weighted by atomic mass is 35.5. The van der Waals surface area contributed by atoms with Crippen molar-refractivity contribution in [3.8, 4) is 0 Å². The Morgan fingerprint density at radius 1 is 1.35 bits per heavy atom. The third kappa shape index (κ3) is 2.46. The number of halogens is 1. The van der Waals surface area contributed by atoms with E-state index in [0.29, 0.717) is 17.7 Å². The third-order valence-corrected chi connectivity index (χ3v) is 7.36. The standard InChI is InChI=1S/C21H26ClN2O2/c1-6-21(4)15(22)10-13-17(19(21)23-5)18(26)16-12(20(13,2)3)8-7-9-14(16)24-11-25/h6-9,11,13,15,17,19H,1,10H2,2-5H3,(H,24,25)/q-1. The molecule has 0 heterocycles. The molecule has 5 heteroatoms. The molecule has 26 heavy (non-hydrogen) atoms. The second kappa shape index (κ2) is 6.50. The minimum atomic E-state index is -0.451. The van der Waals surface area contributed by atoms with E-state index in [2.05, 4.69) is 31.1 Å². The topological polar surface area (TPSA) is 60.3 Å². The largest absolute Gasteiger partial charge is 0.661 e. The molecule has 3 rings (SSSR count). The second-order valence-electron chi connectivity index (χ2n) is 8.18. The number of nitrogens with zero attached hydrogens (tertiary/aromatic N) is 1. The second-order valence-corrected chi connectivity index (χ2v) is 8.71. The van der Waals surface area contributed by atoms with Gasteiger partial charge in [-0.15, -0.1) is 24.2 Å². The van der Waals surface area contributed by atoms with Crippen molar-refractivity contribution in [3.63, 3.8) is 0 Å². The number of alkyl halides is 1. The van der Waals surface area contributed by atoms with E-state index in [1.165, 1.54) is 0 Å². The maximum absolute atomic E-state index is 13.6. The van der Waals surface area contributed by atoms with Crippen molar-refractivity contribution in [1.29, 1.82) is 0 Å². The van der Waals surface area contributed by atoms with Crippen molar-refractivity contribution >= 4 is 29.5 Å². The lowest BCUT2D eigenvalue weighted by molar-refractivity contribution is -0.105. The first-order valence-corrected chi connectivity index (χ1v) is 9.42. The summed E-state index contributed by atoms with van der Waals surface area (Å²) >= 11 is 6.80. The maximum Gasteiger partial charge on any atom is 0.211 e. The fourth-order valence-corrected chi connectivity index (χ4v) is 5.49. The molecular formula is C21H26ClN2O2-. The normalized spacial score (nSPS) is 35.2. The molecule has 4 nitrogen and oxygen atoms in total. The van der Waals surface area contributed by atoms with Crippen LogP contribution in [0.3, 0.4) is 0 Å². The minimum Gasteiger partial charge on any atom is -0.661 e. The Balaban J connectivity index is 2.24. The van der Waals surface area contributed by atoms with Crippen LogP contribution in [0.25, 0.3) is 5.32 Å². The van der Waals surface area contributed by atoms with Gasteiger partial charge in [0, 0.05) is 16.9 Å². The first kappa shape index (κ1) is 19.1. The van der Waals surface area contributed by atoms with E-state index in [9.17, 15) is 9.59 Å². The Bertz CT molecular complexity index is 760. The summed E-state index contributed by atoms with van der Waals surface area (Å²) in [4.78, 5) is 24.7. The summed E-state index contributed by atoms with van der Waals surface area (Å²) in [6.07, 6.45) is 3.20. The van der Waals surface area contributed by atoms with E-state index in [4.69, 9.17) is 11.6 Å². The van der Waals surface area contributed by atoms with E-state index in [1.807, 2.05) is 25.1 Å². The third-order valence-electron chi connectivity index (χ3n) is 6.71. The molecule has 2 aliphatic carbocycles. The summed E-state index contributed by atoms with van der Waals surface area (Å²) in [5, 5.41) is 7.16. The highest BCUT2D eigenvalue weighted by molar-refractivity contribution is 6.21. The van der Waals surface area contributed by atoms with Gasteiger partial charge in [0.05, 0.1) is 5.69 Å². The molecule has 5 atom stereocenters. The fraction of sp³-hybridized carbons (Fsp3) is 0.524. The maximum atomic E-state index is 13.6. The van der Waals surface area contributed by atoms with Crippen LogP contribution in [0.1, 0.15) is 43.1 Å². The number of benzene rings is 1. The quantitative estimate of drug-likeness (QED) is 0.478. The number of carbonyl (C=O) groups excluding carboxylic acids is 2. The Morgan fingerprint density at radius 3 is 2.62 bits per heavy atom. The lowest BCUT2D eigenvalue weighted by Gasteiger charge is -2.61. The molecule has 1 N–H and O–H groups in total. The van der Waals surface area contributed by atoms with E-state index in [0.717, 1.165) is 12.0 Å². The highest BCUT2D eigenvalue weighted by Gasteiger charge is 2.56. The molecule has 0 saturated heterocycles. The number of Topliss-reactive ketones (excluding diaryl/α,β-unsaturated/α-hetero) is 1. The van der Waals surface area contributed by atoms with Crippen LogP contribution < -0.4 is 5.32 Å². The van der Waals surface area contributed by atoms with Gasteiger partial charge in [-0.25, -0.2) is 0 Å². The molecule has 0 spiro atoms. The molecule has 0 aromatic heterocycles. The van der Waals surface area contributed by atoms with Crippen molar-refractivity contribution in [3.05, 3.63) is 47.3 Å². The molecule has 0 bridgehead atoms. The van der Waals surface area contributed by atoms with Crippen molar-refractivity contribution < 1.29 is 9.59 Å². The monoisotopic (exact) mass is 373 g/mol. The number of ketones is 1. The van der Waals surface area contributed by atoms with Crippen LogP contribution in [0.15, 0.2) is 30.9 Å². The molecule has 0 radical (unpaired) electrons. The summed E-state index contributed by atoms with van der Waals surface area (Å²) in [5.74, 6) is -0.158. The van der Waals surface area contributed by atoms with Crippen LogP contribution in [-0.2, 0) is 10.2 Å². The Kier molecular flexibility index (Phi) is 4.78. The Labute approximate surface area is 160 Å². The van der Waals surface area contributed by atoms with Gasteiger partial charge in [0.25, 0.3) is 0 Å². The molecular weight excluding hydrogens is 348 g/mol. The van der Waals surface area contributed by atoms with Gasteiger partial charge < -0.3 is 10.6 Å². The molecule has 1 amide bonds. The van der Waals surface area contributed by atoms with E-state index >= 15 is 0 Å². The van der Waals surface area contributed by atoms with Gasteiger partial charge >= 0.3 is 0 Å². The van der Waals surface area contributed by atoms with Crippen LogP contribution in [0.2, 0.25) is 0 Å². The van der Waals surface area contributed by atoms with Gasteiger partial charge in [0.2, 0.25) is 6.41 Å². The number of carbonyl (C=O) groups is 2. The van der Waals surface area contributed by atoms with Gasteiger partial charge in [-0.3, -0.25) is 9.59 Å². The predicted octanol–water partition coefficient (Wildman–Crippen LogP) is 4.54. The smallest absolute Gasteiger partial charge is 0.211 e. The van der Waals surface area contributed by atoms with E-state index < -0.39 is 5.41 Å². The number of amides is 1. The molecule has 5 unspecified atom stereocenters. The number of rotatable bonds is 4. The number of hydrogen-bond donors (Lipinski definition) is 1. The molecule has 1 aromatic rings. The summed E-state index contributed by atoms with van der Waals surface area (Å²) in [6, 6.07) is 5.41. The summed E-state index contributed by atoms with van der Waals surface area (Å²) in [5.41, 5.74) is 1.44. The van der Waals surface area contributed by atoms with Crippen LogP contribution in [0.4, 0.5) is 5.69 Å². The van der Waals surface area contributed by atoms with Gasteiger partial charge in [-0.2, -0.15) is 7.05 Å². The van der Waals surface area contributed by atoms with Gasteiger partial charge in [0.15, 0.2) is 5.78 Å². The average Bonchev–Trinajstić information content (AvgIpc) is 2.61. The number of hydrogen-bond acceptors (Lipinski definition) is 2. The van der Waals surface area contributed by atoms with Crippen molar-refractivity contribution in [2.75, 3.05) is 12.4 Å². The Hall–Kier alpha value is -1.65. The SMILES string of the molecule is C=CC1(C)C(Cl)CC2C(C(=O)c3c(NC=O)cccc3C2(C)C)C1[N-]C. The zero-order valence-electron chi connectivity index (χ0n) is 15.8.